The summed E-state index contributed by atoms with van der Waals surface area (Å²) in [5.74, 6) is -0.0325. The van der Waals surface area contributed by atoms with Gasteiger partial charge in [0.25, 0.3) is 0 Å². The van der Waals surface area contributed by atoms with E-state index >= 15 is 0 Å². The lowest BCUT2D eigenvalue weighted by Gasteiger charge is -2.05. The molecule has 0 bridgehead atoms. The summed E-state index contributed by atoms with van der Waals surface area (Å²) in [4.78, 5) is 11.5. The highest BCUT2D eigenvalue weighted by Gasteiger charge is 2.16. The number of ether oxygens (including phenoxy) is 2. The molecule has 0 saturated carbocycles. The fraction of sp³-hybridized carbons (Fsp3) is 0.273. The van der Waals surface area contributed by atoms with E-state index in [1.165, 1.54) is 14.2 Å². The van der Waals surface area contributed by atoms with Gasteiger partial charge in [-0.05, 0) is 13.0 Å². The highest BCUT2D eigenvalue weighted by atomic mass is 16.5. The Morgan fingerprint density at radius 3 is 2.75 bits per heavy atom. The fourth-order valence-corrected chi connectivity index (χ4v) is 1.52. The Morgan fingerprint density at radius 1 is 1.38 bits per heavy atom. The van der Waals surface area contributed by atoms with E-state index in [1.807, 2.05) is 0 Å². The van der Waals surface area contributed by atoms with Gasteiger partial charge in [0.05, 0.1) is 19.9 Å². The minimum atomic E-state index is -0.445. The van der Waals surface area contributed by atoms with E-state index in [0.717, 1.165) is 11.1 Å². The number of aromatic nitrogens is 1. The van der Waals surface area contributed by atoms with Gasteiger partial charge in [0, 0.05) is 11.5 Å². The second-order valence-electron chi connectivity index (χ2n) is 3.31. The van der Waals surface area contributed by atoms with Crippen LogP contribution in [0, 0.1) is 6.92 Å². The molecule has 0 atom stereocenters. The van der Waals surface area contributed by atoms with Gasteiger partial charge in [-0.25, -0.2) is 4.79 Å². The first-order chi connectivity index (χ1) is 7.67. The van der Waals surface area contributed by atoms with Crippen LogP contribution in [0.15, 0.2) is 16.7 Å². The van der Waals surface area contributed by atoms with Crippen molar-refractivity contribution in [2.24, 2.45) is 0 Å². The highest BCUT2D eigenvalue weighted by Crippen LogP contribution is 2.28. The van der Waals surface area contributed by atoms with Crippen molar-refractivity contribution >= 4 is 16.9 Å². The molecule has 1 heterocycles. The summed E-state index contributed by atoms with van der Waals surface area (Å²) in [6.45, 7) is 1.80. The van der Waals surface area contributed by atoms with Crippen molar-refractivity contribution in [1.82, 2.24) is 5.16 Å². The number of carbonyl (C=O) groups is 1. The Hall–Kier alpha value is -2.04. The zero-order valence-corrected chi connectivity index (χ0v) is 9.23. The molecule has 0 aliphatic carbocycles. The molecule has 0 amide bonds. The van der Waals surface area contributed by atoms with E-state index in [9.17, 15) is 4.79 Å². The minimum absolute atomic E-state index is 0.365. The van der Waals surface area contributed by atoms with E-state index in [2.05, 4.69) is 9.89 Å². The number of esters is 1. The second-order valence-corrected chi connectivity index (χ2v) is 3.31. The smallest absolute Gasteiger partial charge is 0.341 e. The molecule has 0 unspecified atom stereocenters. The van der Waals surface area contributed by atoms with E-state index in [1.54, 1.807) is 19.1 Å². The topological polar surface area (TPSA) is 61.6 Å². The Morgan fingerprint density at radius 2 is 2.12 bits per heavy atom. The Balaban J connectivity index is 2.69. The quantitative estimate of drug-likeness (QED) is 0.725. The van der Waals surface area contributed by atoms with Crippen molar-refractivity contribution < 1.29 is 18.8 Å². The lowest BCUT2D eigenvalue weighted by molar-refractivity contribution is 0.0597. The number of rotatable bonds is 2. The molecule has 0 aliphatic rings. The third kappa shape index (κ3) is 1.50. The Kier molecular flexibility index (Phi) is 2.52. The SMILES string of the molecule is COC(=O)c1cc2c(C)noc2cc1OC. The molecule has 2 aromatic rings. The maximum absolute atomic E-state index is 11.5. The molecule has 0 aliphatic heterocycles. The van der Waals surface area contributed by atoms with Crippen molar-refractivity contribution in [2.75, 3.05) is 14.2 Å². The van der Waals surface area contributed by atoms with E-state index in [4.69, 9.17) is 9.26 Å². The van der Waals surface area contributed by atoms with Gasteiger partial charge in [-0.15, -0.1) is 0 Å². The molecule has 16 heavy (non-hydrogen) atoms. The summed E-state index contributed by atoms with van der Waals surface area (Å²) in [7, 11) is 2.81. The number of methoxy groups -OCH3 is 2. The molecule has 0 fully saturated rings. The van der Waals surface area contributed by atoms with Crippen LogP contribution in [0.1, 0.15) is 16.1 Å². The van der Waals surface area contributed by atoms with Crippen LogP contribution in [0.4, 0.5) is 0 Å². The molecule has 84 valence electrons. The summed E-state index contributed by atoms with van der Waals surface area (Å²) in [5.41, 5.74) is 1.67. The molecule has 0 radical (unpaired) electrons. The zero-order valence-electron chi connectivity index (χ0n) is 9.23. The molecule has 1 aromatic carbocycles. The van der Waals surface area contributed by atoms with Gasteiger partial charge in [-0.3, -0.25) is 0 Å². The maximum atomic E-state index is 11.5. The molecule has 2 rings (SSSR count). The van der Waals surface area contributed by atoms with Crippen LogP contribution in [0.25, 0.3) is 11.0 Å². The summed E-state index contributed by atoms with van der Waals surface area (Å²) in [6, 6.07) is 3.29. The molecule has 0 saturated heterocycles. The standard InChI is InChI=1S/C11H11NO4/c1-6-7-4-8(11(13)15-3)9(14-2)5-10(7)16-12-6/h4-5H,1-3H3. The van der Waals surface area contributed by atoms with Crippen LogP contribution in [0.2, 0.25) is 0 Å². The van der Waals surface area contributed by atoms with Crippen LogP contribution in [-0.4, -0.2) is 25.3 Å². The van der Waals surface area contributed by atoms with Crippen molar-refractivity contribution in [1.29, 1.82) is 0 Å². The highest BCUT2D eigenvalue weighted by molar-refractivity contribution is 5.97. The number of carbonyl (C=O) groups excluding carboxylic acids is 1. The van der Waals surface area contributed by atoms with Gasteiger partial charge in [-0.2, -0.15) is 0 Å². The summed E-state index contributed by atoms with van der Waals surface area (Å²) in [6.07, 6.45) is 0. The second kappa shape index (κ2) is 3.84. The van der Waals surface area contributed by atoms with Crippen molar-refractivity contribution in [2.45, 2.75) is 6.92 Å². The average Bonchev–Trinajstić information content (AvgIpc) is 2.68. The van der Waals surface area contributed by atoms with E-state index in [-0.39, 0.29) is 0 Å². The van der Waals surface area contributed by atoms with Crippen LogP contribution in [0.5, 0.6) is 5.75 Å². The predicted octanol–water partition coefficient (Wildman–Crippen LogP) is 1.93. The fourth-order valence-electron chi connectivity index (χ4n) is 1.52. The first kappa shape index (κ1) is 10.5. The Bertz CT molecular complexity index is 544. The minimum Gasteiger partial charge on any atom is -0.496 e. The molecular formula is C11H11NO4. The molecular weight excluding hydrogens is 210 g/mol. The molecule has 0 N–H and O–H groups in total. The number of hydrogen-bond acceptors (Lipinski definition) is 5. The first-order valence-corrected chi connectivity index (χ1v) is 4.69. The van der Waals surface area contributed by atoms with Gasteiger partial charge in [-0.1, -0.05) is 5.16 Å². The largest absolute Gasteiger partial charge is 0.496 e. The van der Waals surface area contributed by atoms with Crippen LogP contribution in [0.3, 0.4) is 0 Å². The Labute approximate surface area is 91.9 Å². The number of fused-ring (bicyclic) bond motifs is 1. The van der Waals surface area contributed by atoms with Crippen LogP contribution >= 0.6 is 0 Å². The summed E-state index contributed by atoms with van der Waals surface area (Å²) >= 11 is 0. The number of nitrogens with zero attached hydrogens (tertiary/aromatic N) is 1. The predicted molar refractivity (Wildman–Crippen MR) is 56.6 cm³/mol. The lowest BCUT2D eigenvalue weighted by atomic mass is 10.1. The normalized spacial score (nSPS) is 10.4. The molecule has 5 heteroatoms. The summed E-state index contributed by atoms with van der Waals surface area (Å²) < 4.78 is 14.8. The number of aryl methyl sites for hydroxylation is 1. The van der Waals surface area contributed by atoms with Crippen LogP contribution in [-0.2, 0) is 4.74 Å². The van der Waals surface area contributed by atoms with Gasteiger partial charge in [0.2, 0.25) is 0 Å². The van der Waals surface area contributed by atoms with E-state index < -0.39 is 5.97 Å². The van der Waals surface area contributed by atoms with Gasteiger partial charge < -0.3 is 14.0 Å². The summed E-state index contributed by atoms with van der Waals surface area (Å²) in [5, 5.41) is 4.59. The van der Waals surface area contributed by atoms with Gasteiger partial charge in [0.15, 0.2) is 5.58 Å². The number of hydrogen-bond donors (Lipinski definition) is 0. The van der Waals surface area contributed by atoms with Gasteiger partial charge in [0.1, 0.15) is 11.3 Å². The van der Waals surface area contributed by atoms with Crippen LogP contribution < -0.4 is 4.74 Å². The number of benzene rings is 1. The molecule has 0 spiro atoms. The third-order valence-corrected chi connectivity index (χ3v) is 2.38. The molecule has 5 nitrogen and oxygen atoms in total. The zero-order chi connectivity index (χ0) is 11.7. The first-order valence-electron chi connectivity index (χ1n) is 4.69. The third-order valence-electron chi connectivity index (χ3n) is 2.38. The van der Waals surface area contributed by atoms with Crippen molar-refractivity contribution in [3.8, 4) is 5.75 Å². The van der Waals surface area contributed by atoms with E-state index in [0.29, 0.717) is 16.9 Å². The molecule has 1 aromatic heterocycles. The van der Waals surface area contributed by atoms with Gasteiger partial charge >= 0.3 is 5.97 Å². The lowest BCUT2D eigenvalue weighted by Crippen LogP contribution is -2.03. The monoisotopic (exact) mass is 221 g/mol. The average molecular weight is 221 g/mol. The van der Waals surface area contributed by atoms with Crippen molar-refractivity contribution in [3.05, 3.63) is 23.4 Å². The van der Waals surface area contributed by atoms with Crippen molar-refractivity contribution in [3.63, 3.8) is 0 Å². The maximum Gasteiger partial charge on any atom is 0.341 e.